The van der Waals surface area contributed by atoms with Crippen molar-refractivity contribution in [3.05, 3.63) is 35.9 Å². The Hall–Kier alpha value is -1.56. The average Bonchev–Trinajstić information content (AvgIpc) is 3.42. The number of hydrogen-bond acceptors (Lipinski definition) is 5. The van der Waals surface area contributed by atoms with E-state index in [1.54, 1.807) is 30.9 Å². The van der Waals surface area contributed by atoms with Crippen LogP contribution in [0.15, 0.2) is 34.4 Å². The number of aliphatic imine (C=N–C) groups is 1. The van der Waals surface area contributed by atoms with Crippen LogP contribution in [0, 0.1) is 5.82 Å². The van der Waals surface area contributed by atoms with Crippen LogP contribution < -0.4 is 15.4 Å². The predicted molar refractivity (Wildman–Crippen MR) is 139 cm³/mol. The standard InChI is InChI=1S/C22H33FN6OS.HI/c1-16(30-19-11-6-8-17(23)14-19)15-26-21(24-2)25-13-7-12-20-27-28-22(31-3)29(20)18-9-4-5-10-18;/h6,8,11,14,16,18H,4-5,7,9-10,12-13,15H2,1-3H3,(H2,24,25,26);1H. The molecule has 2 N–H and O–H groups in total. The van der Waals surface area contributed by atoms with Crippen LogP contribution in [0.3, 0.4) is 0 Å². The molecule has 0 bridgehead atoms. The third-order valence-corrected chi connectivity index (χ3v) is 6.03. The molecule has 1 aromatic carbocycles. The van der Waals surface area contributed by atoms with E-state index >= 15 is 0 Å². The summed E-state index contributed by atoms with van der Waals surface area (Å²) in [5, 5.41) is 16.5. The summed E-state index contributed by atoms with van der Waals surface area (Å²) in [6.45, 7) is 3.28. The van der Waals surface area contributed by atoms with E-state index in [9.17, 15) is 4.39 Å². The van der Waals surface area contributed by atoms with Crippen LogP contribution in [-0.2, 0) is 6.42 Å². The molecular formula is C22H34FIN6OS. The summed E-state index contributed by atoms with van der Waals surface area (Å²) in [5.74, 6) is 2.02. The van der Waals surface area contributed by atoms with Crippen molar-refractivity contribution in [2.24, 2.45) is 4.99 Å². The number of aromatic nitrogens is 3. The first-order chi connectivity index (χ1) is 15.1. The number of ether oxygens (including phenoxy) is 1. The summed E-state index contributed by atoms with van der Waals surface area (Å²) in [7, 11) is 1.74. The molecule has 2 aromatic rings. The lowest BCUT2D eigenvalue weighted by Gasteiger charge is -2.18. The van der Waals surface area contributed by atoms with Gasteiger partial charge in [-0.15, -0.1) is 34.2 Å². The van der Waals surface area contributed by atoms with E-state index in [4.69, 9.17) is 4.74 Å². The fraction of sp³-hybridized carbons (Fsp3) is 0.591. The molecule has 0 amide bonds. The molecule has 1 aromatic heterocycles. The molecule has 32 heavy (non-hydrogen) atoms. The Balaban J connectivity index is 0.00000363. The summed E-state index contributed by atoms with van der Waals surface area (Å²) in [4.78, 5) is 4.27. The molecule has 0 saturated heterocycles. The van der Waals surface area contributed by atoms with E-state index < -0.39 is 0 Å². The maximum Gasteiger partial charge on any atom is 0.191 e. The first kappa shape index (κ1) is 26.7. The summed E-state index contributed by atoms with van der Waals surface area (Å²) < 4.78 is 21.4. The molecule has 1 saturated carbocycles. The molecule has 3 rings (SSSR count). The first-order valence-electron chi connectivity index (χ1n) is 10.9. The molecule has 10 heteroatoms. The smallest absolute Gasteiger partial charge is 0.191 e. The minimum absolute atomic E-state index is 0. The topological polar surface area (TPSA) is 76.4 Å². The molecule has 1 aliphatic carbocycles. The molecule has 0 spiro atoms. The van der Waals surface area contributed by atoms with E-state index in [1.807, 2.05) is 6.92 Å². The van der Waals surface area contributed by atoms with Crippen molar-refractivity contribution < 1.29 is 9.13 Å². The van der Waals surface area contributed by atoms with Crippen molar-refractivity contribution in [2.45, 2.75) is 62.8 Å². The Morgan fingerprint density at radius 1 is 1.31 bits per heavy atom. The molecule has 178 valence electrons. The lowest BCUT2D eigenvalue weighted by molar-refractivity contribution is 0.223. The number of halogens is 2. The van der Waals surface area contributed by atoms with Gasteiger partial charge in [0.25, 0.3) is 0 Å². The van der Waals surface area contributed by atoms with E-state index in [-0.39, 0.29) is 35.9 Å². The number of nitrogens with zero attached hydrogens (tertiary/aromatic N) is 4. The Labute approximate surface area is 211 Å². The Bertz CT molecular complexity index is 859. The number of benzene rings is 1. The summed E-state index contributed by atoms with van der Waals surface area (Å²) >= 11 is 1.67. The molecule has 0 aliphatic heterocycles. The van der Waals surface area contributed by atoms with Crippen LogP contribution in [0.5, 0.6) is 5.75 Å². The van der Waals surface area contributed by atoms with E-state index in [0.29, 0.717) is 18.3 Å². The Morgan fingerprint density at radius 3 is 2.78 bits per heavy atom. The van der Waals surface area contributed by atoms with E-state index in [2.05, 4.69) is 36.6 Å². The minimum atomic E-state index is -0.302. The van der Waals surface area contributed by atoms with E-state index in [0.717, 1.165) is 36.3 Å². The summed E-state index contributed by atoms with van der Waals surface area (Å²) in [6.07, 6.45) is 8.79. The molecule has 0 radical (unpaired) electrons. The lowest BCUT2D eigenvalue weighted by Crippen LogP contribution is -2.42. The zero-order valence-corrected chi connectivity index (χ0v) is 22.2. The maximum absolute atomic E-state index is 13.3. The second kappa shape index (κ2) is 13.9. The number of rotatable bonds is 10. The SMILES string of the molecule is CN=C(NCCCc1nnc(SC)n1C1CCCC1)NCC(C)Oc1cccc(F)c1.I. The van der Waals surface area contributed by atoms with Crippen LogP contribution in [0.25, 0.3) is 0 Å². The summed E-state index contributed by atoms with van der Waals surface area (Å²) in [6, 6.07) is 6.73. The van der Waals surface area contributed by atoms with Gasteiger partial charge < -0.3 is 19.9 Å². The number of guanidine groups is 1. The van der Waals surface area contributed by atoms with Crippen LogP contribution in [0.2, 0.25) is 0 Å². The third-order valence-electron chi connectivity index (χ3n) is 5.39. The van der Waals surface area contributed by atoms with Crippen molar-refractivity contribution in [1.82, 2.24) is 25.4 Å². The van der Waals surface area contributed by atoms with Crippen molar-refractivity contribution in [3.63, 3.8) is 0 Å². The fourth-order valence-electron chi connectivity index (χ4n) is 3.87. The van der Waals surface area contributed by atoms with Crippen molar-refractivity contribution in [3.8, 4) is 5.75 Å². The van der Waals surface area contributed by atoms with Crippen molar-refractivity contribution in [2.75, 3.05) is 26.4 Å². The largest absolute Gasteiger partial charge is 0.489 e. The van der Waals surface area contributed by atoms with Crippen LogP contribution in [0.4, 0.5) is 4.39 Å². The van der Waals surface area contributed by atoms with Gasteiger partial charge in [0.1, 0.15) is 23.5 Å². The molecule has 1 heterocycles. The number of aryl methyl sites for hydroxylation is 1. The highest BCUT2D eigenvalue weighted by Gasteiger charge is 2.23. The van der Waals surface area contributed by atoms with Crippen molar-refractivity contribution in [1.29, 1.82) is 0 Å². The third kappa shape index (κ3) is 7.79. The van der Waals surface area contributed by atoms with Crippen molar-refractivity contribution >= 4 is 41.7 Å². The molecule has 1 unspecified atom stereocenters. The lowest BCUT2D eigenvalue weighted by atomic mass is 10.2. The van der Waals surface area contributed by atoms with E-state index in [1.165, 1.54) is 37.8 Å². The molecule has 7 nitrogen and oxygen atoms in total. The zero-order valence-electron chi connectivity index (χ0n) is 19.0. The number of thioether (sulfide) groups is 1. The zero-order chi connectivity index (χ0) is 22.1. The summed E-state index contributed by atoms with van der Waals surface area (Å²) in [5.41, 5.74) is 0. The average molecular weight is 577 g/mol. The Morgan fingerprint density at radius 2 is 2.09 bits per heavy atom. The number of hydrogen-bond donors (Lipinski definition) is 2. The minimum Gasteiger partial charge on any atom is -0.489 e. The second-order valence-electron chi connectivity index (χ2n) is 7.78. The van der Waals surface area contributed by atoms with Crippen LogP contribution in [0.1, 0.15) is 50.9 Å². The first-order valence-corrected chi connectivity index (χ1v) is 12.2. The highest BCUT2D eigenvalue weighted by molar-refractivity contribution is 14.0. The predicted octanol–water partition coefficient (Wildman–Crippen LogP) is 4.44. The van der Waals surface area contributed by atoms with Gasteiger partial charge in [0.2, 0.25) is 0 Å². The Kier molecular flexibility index (Phi) is 11.6. The molecule has 1 fully saturated rings. The van der Waals surface area contributed by atoms with Gasteiger partial charge in [-0.25, -0.2) is 4.39 Å². The quantitative estimate of drug-likeness (QED) is 0.143. The molecular weight excluding hydrogens is 542 g/mol. The van der Waals surface area contributed by atoms with Gasteiger partial charge in [-0.2, -0.15) is 0 Å². The van der Waals surface area contributed by atoms with Gasteiger partial charge in [0.05, 0.1) is 6.54 Å². The monoisotopic (exact) mass is 576 g/mol. The fourth-order valence-corrected chi connectivity index (χ4v) is 4.45. The van der Waals surface area contributed by atoms with Gasteiger partial charge in [-0.05, 0) is 44.6 Å². The molecule has 1 aliphatic rings. The highest BCUT2D eigenvalue weighted by Crippen LogP contribution is 2.33. The van der Waals surface area contributed by atoms with Gasteiger partial charge >= 0.3 is 0 Å². The van der Waals surface area contributed by atoms with Gasteiger partial charge in [-0.1, -0.05) is 30.7 Å². The number of nitrogens with one attached hydrogen (secondary N) is 2. The van der Waals surface area contributed by atoms with Gasteiger partial charge in [-0.3, -0.25) is 4.99 Å². The molecule has 1 atom stereocenters. The highest BCUT2D eigenvalue weighted by atomic mass is 127. The van der Waals surface area contributed by atoms with Crippen LogP contribution >= 0.6 is 35.7 Å². The van der Waals surface area contributed by atoms with Gasteiger partial charge in [0.15, 0.2) is 11.1 Å². The maximum atomic E-state index is 13.3. The van der Waals surface area contributed by atoms with Gasteiger partial charge in [0, 0.05) is 32.1 Å². The van der Waals surface area contributed by atoms with Crippen LogP contribution in [-0.4, -0.2) is 53.2 Å². The second-order valence-corrected chi connectivity index (χ2v) is 8.55. The normalized spacial score (nSPS) is 15.3.